The Kier molecular flexibility index (Phi) is 6.61. The SMILES string of the molecule is CC(=CC=C/C(C)=C\C(=O)O)/C=C/C1C(C)=CCCC1(C)C. The molecular weight excluding hydrogens is 272 g/mol. The fourth-order valence-electron chi connectivity index (χ4n) is 2.88. The molecule has 2 heteroatoms. The number of allylic oxidation sites excluding steroid dienone is 9. The molecule has 0 aromatic carbocycles. The lowest BCUT2D eigenvalue weighted by Gasteiger charge is -2.36. The van der Waals surface area contributed by atoms with Crippen LogP contribution in [0.1, 0.15) is 47.5 Å². The molecule has 0 aromatic rings. The first-order chi connectivity index (χ1) is 10.2. The lowest BCUT2D eigenvalue weighted by atomic mass is 9.68. The predicted octanol–water partition coefficient (Wildman–Crippen LogP) is 5.46. The minimum atomic E-state index is -0.912. The minimum Gasteiger partial charge on any atom is -0.478 e. The number of carboxylic acids is 1. The third-order valence-electron chi connectivity index (χ3n) is 4.21. The van der Waals surface area contributed by atoms with Gasteiger partial charge in [0.25, 0.3) is 0 Å². The van der Waals surface area contributed by atoms with E-state index in [2.05, 4.69) is 45.9 Å². The molecule has 0 saturated carbocycles. The molecular formula is C20H28O2. The van der Waals surface area contributed by atoms with Gasteiger partial charge in [-0.3, -0.25) is 0 Å². The maximum Gasteiger partial charge on any atom is 0.328 e. The standard InChI is InChI=1S/C20H28O2/c1-15(8-6-9-16(2)14-19(21)22)11-12-18-17(3)10-7-13-20(18,4)5/h6,8-12,14,18H,7,13H2,1-5H3,(H,21,22)/b9-6?,12-11+,15-8?,16-14-. The summed E-state index contributed by atoms with van der Waals surface area (Å²) in [4.78, 5) is 10.5. The van der Waals surface area contributed by atoms with Crippen LogP contribution in [0.5, 0.6) is 0 Å². The van der Waals surface area contributed by atoms with Gasteiger partial charge in [-0.1, -0.05) is 61.4 Å². The minimum absolute atomic E-state index is 0.312. The highest BCUT2D eigenvalue weighted by Crippen LogP contribution is 2.41. The second kappa shape index (κ2) is 7.98. The topological polar surface area (TPSA) is 37.3 Å². The molecule has 0 bridgehead atoms. The smallest absolute Gasteiger partial charge is 0.328 e. The van der Waals surface area contributed by atoms with Crippen LogP contribution < -0.4 is 0 Å². The van der Waals surface area contributed by atoms with E-state index >= 15 is 0 Å². The summed E-state index contributed by atoms with van der Waals surface area (Å²) in [7, 11) is 0. The third kappa shape index (κ3) is 5.88. The molecule has 0 aromatic heterocycles. The average molecular weight is 300 g/mol. The van der Waals surface area contributed by atoms with Crippen molar-refractivity contribution in [2.24, 2.45) is 11.3 Å². The number of carboxylic acid groups (broad SMARTS) is 1. The molecule has 1 aliphatic rings. The monoisotopic (exact) mass is 300 g/mol. The van der Waals surface area contributed by atoms with Crippen LogP contribution in [0.25, 0.3) is 0 Å². The van der Waals surface area contributed by atoms with Crippen LogP contribution in [-0.2, 0) is 4.79 Å². The van der Waals surface area contributed by atoms with Gasteiger partial charge in [-0.15, -0.1) is 0 Å². The summed E-state index contributed by atoms with van der Waals surface area (Å²) < 4.78 is 0. The maximum atomic E-state index is 10.5. The Morgan fingerprint density at radius 1 is 1.27 bits per heavy atom. The van der Waals surface area contributed by atoms with Crippen molar-refractivity contribution in [3.8, 4) is 0 Å². The zero-order valence-electron chi connectivity index (χ0n) is 14.4. The van der Waals surface area contributed by atoms with E-state index in [1.807, 2.05) is 12.2 Å². The van der Waals surface area contributed by atoms with Crippen LogP contribution in [0.2, 0.25) is 0 Å². The third-order valence-corrected chi connectivity index (χ3v) is 4.21. The van der Waals surface area contributed by atoms with E-state index in [0.717, 1.165) is 11.1 Å². The summed E-state index contributed by atoms with van der Waals surface area (Å²) in [6.45, 7) is 10.7. The molecule has 22 heavy (non-hydrogen) atoms. The van der Waals surface area contributed by atoms with Crippen molar-refractivity contribution in [1.29, 1.82) is 0 Å². The van der Waals surface area contributed by atoms with Gasteiger partial charge in [-0.25, -0.2) is 4.79 Å². The van der Waals surface area contributed by atoms with E-state index in [1.54, 1.807) is 13.0 Å². The van der Waals surface area contributed by atoms with Gasteiger partial charge in [0.2, 0.25) is 0 Å². The van der Waals surface area contributed by atoms with Gasteiger partial charge >= 0.3 is 5.97 Å². The average Bonchev–Trinajstić information content (AvgIpc) is 2.36. The largest absolute Gasteiger partial charge is 0.478 e. The zero-order chi connectivity index (χ0) is 16.8. The van der Waals surface area contributed by atoms with Crippen LogP contribution in [0.4, 0.5) is 0 Å². The summed E-state index contributed by atoms with van der Waals surface area (Å²) >= 11 is 0. The second-order valence-electron chi connectivity index (χ2n) is 6.81. The zero-order valence-corrected chi connectivity index (χ0v) is 14.4. The number of hydrogen-bond acceptors (Lipinski definition) is 1. The quantitative estimate of drug-likeness (QED) is 0.416. The summed E-state index contributed by atoms with van der Waals surface area (Å²) in [6, 6.07) is 0. The highest BCUT2D eigenvalue weighted by Gasteiger charge is 2.30. The van der Waals surface area contributed by atoms with E-state index in [0.29, 0.717) is 11.3 Å². The van der Waals surface area contributed by atoms with Crippen molar-refractivity contribution < 1.29 is 9.90 Å². The van der Waals surface area contributed by atoms with Gasteiger partial charge in [0, 0.05) is 12.0 Å². The molecule has 0 aliphatic heterocycles. The summed E-state index contributed by atoms with van der Waals surface area (Å²) in [5.41, 5.74) is 3.66. The maximum absolute atomic E-state index is 10.5. The molecule has 1 aliphatic carbocycles. The van der Waals surface area contributed by atoms with Crippen LogP contribution in [0.3, 0.4) is 0 Å². The highest BCUT2D eigenvalue weighted by atomic mass is 16.4. The predicted molar refractivity (Wildman–Crippen MR) is 93.7 cm³/mol. The van der Waals surface area contributed by atoms with Crippen LogP contribution in [-0.4, -0.2) is 11.1 Å². The summed E-state index contributed by atoms with van der Waals surface area (Å²) in [5.74, 6) is -0.424. The van der Waals surface area contributed by atoms with Gasteiger partial charge in [0.05, 0.1) is 0 Å². The molecule has 2 nitrogen and oxygen atoms in total. The molecule has 1 rings (SSSR count). The normalized spacial score (nSPS) is 23.1. The van der Waals surface area contributed by atoms with E-state index in [4.69, 9.17) is 5.11 Å². The Balaban J connectivity index is 2.75. The van der Waals surface area contributed by atoms with Gasteiger partial charge in [0.15, 0.2) is 0 Å². The Morgan fingerprint density at radius 2 is 1.95 bits per heavy atom. The first-order valence-corrected chi connectivity index (χ1v) is 7.83. The second-order valence-corrected chi connectivity index (χ2v) is 6.81. The van der Waals surface area contributed by atoms with Gasteiger partial charge in [-0.2, -0.15) is 0 Å². The Hall–Kier alpha value is -1.83. The fraction of sp³-hybridized carbons (Fsp3) is 0.450. The molecule has 0 amide bonds. The van der Waals surface area contributed by atoms with Crippen molar-refractivity contribution in [3.63, 3.8) is 0 Å². The lowest BCUT2D eigenvalue weighted by Crippen LogP contribution is -2.26. The first kappa shape index (κ1) is 18.2. The van der Waals surface area contributed by atoms with Crippen LogP contribution in [0.15, 0.2) is 59.3 Å². The van der Waals surface area contributed by atoms with Crippen molar-refractivity contribution in [2.75, 3.05) is 0 Å². The molecule has 0 fully saturated rings. The molecule has 0 saturated heterocycles. The van der Waals surface area contributed by atoms with Crippen molar-refractivity contribution in [1.82, 2.24) is 0 Å². The van der Waals surface area contributed by atoms with Crippen molar-refractivity contribution in [3.05, 3.63) is 59.3 Å². The molecule has 1 N–H and O–H groups in total. The Labute approximate surface area is 134 Å². The molecule has 1 atom stereocenters. The van der Waals surface area contributed by atoms with E-state index < -0.39 is 5.97 Å². The van der Waals surface area contributed by atoms with E-state index in [1.165, 1.54) is 24.5 Å². The molecule has 1 unspecified atom stereocenters. The van der Waals surface area contributed by atoms with E-state index in [-0.39, 0.29) is 0 Å². The van der Waals surface area contributed by atoms with Crippen molar-refractivity contribution >= 4 is 5.97 Å². The number of aliphatic carboxylic acids is 1. The van der Waals surface area contributed by atoms with Crippen LogP contribution in [0, 0.1) is 11.3 Å². The number of carbonyl (C=O) groups is 1. The Morgan fingerprint density at radius 3 is 2.55 bits per heavy atom. The molecule has 0 spiro atoms. The van der Waals surface area contributed by atoms with Gasteiger partial charge in [0.1, 0.15) is 0 Å². The van der Waals surface area contributed by atoms with Crippen LogP contribution >= 0.6 is 0 Å². The number of rotatable bonds is 5. The Bertz CT molecular complexity index is 554. The number of hydrogen-bond donors (Lipinski definition) is 1. The van der Waals surface area contributed by atoms with Crippen molar-refractivity contribution in [2.45, 2.75) is 47.5 Å². The lowest BCUT2D eigenvalue weighted by molar-refractivity contribution is -0.131. The first-order valence-electron chi connectivity index (χ1n) is 7.83. The van der Waals surface area contributed by atoms with Gasteiger partial charge < -0.3 is 5.11 Å². The van der Waals surface area contributed by atoms with Gasteiger partial charge in [-0.05, 0) is 44.6 Å². The molecule has 0 heterocycles. The molecule has 0 radical (unpaired) electrons. The van der Waals surface area contributed by atoms with E-state index in [9.17, 15) is 4.79 Å². The molecule has 120 valence electrons. The summed E-state index contributed by atoms with van der Waals surface area (Å²) in [6.07, 6.45) is 16.1. The summed E-state index contributed by atoms with van der Waals surface area (Å²) in [5, 5.41) is 8.65. The highest BCUT2D eigenvalue weighted by molar-refractivity contribution is 5.81. The fourth-order valence-corrected chi connectivity index (χ4v) is 2.88.